The Balaban J connectivity index is 1.74. The normalized spacial score (nSPS) is 14.3. The van der Waals surface area contributed by atoms with Crippen LogP contribution in [-0.4, -0.2) is 30.3 Å². The van der Waals surface area contributed by atoms with E-state index in [0.717, 1.165) is 47.9 Å². The minimum Gasteiger partial charge on any atom is -0.459 e. The van der Waals surface area contributed by atoms with E-state index in [1.54, 1.807) is 6.07 Å². The second-order valence-electron chi connectivity index (χ2n) is 9.39. The molecule has 36 heavy (non-hydrogen) atoms. The van der Waals surface area contributed by atoms with Crippen LogP contribution in [0.25, 0.3) is 0 Å². The molecule has 0 bridgehead atoms. The van der Waals surface area contributed by atoms with Crippen LogP contribution in [0, 0.1) is 20.8 Å². The monoisotopic (exact) mass is 487 g/mol. The zero-order valence-corrected chi connectivity index (χ0v) is 21.0. The summed E-state index contributed by atoms with van der Waals surface area (Å²) in [6.45, 7) is 5.57. The molecule has 4 rings (SSSR count). The Kier molecular flexibility index (Phi) is 7.88. The Bertz CT molecular complexity index is 1230. The van der Waals surface area contributed by atoms with Crippen LogP contribution in [0.5, 0.6) is 0 Å². The maximum absolute atomic E-state index is 13.9. The van der Waals surface area contributed by atoms with Crippen LogP contribution in [-0.2, 0) is 9.59 Å². The van der Waals surface area contributed by atoms with Crippen molar-refractivity contribution in [2.75, 3.05) is 11.4 Å². The van der Waals surface area contributed by atoms with Crippen LogP contribution < -0.4 is 15.5 Å². The molecule has 0 spiro atoms. The van der Waals surface area contributed by atoms with Crippen molar-refractivity contribution in [3.8, 4) is 0 Å². The van der Waals surface area contributed by atoms with Gasteiger partial charge in [0.1, 0.15) is 6.04 Å². The van der Waals surface area contributed by atoms with Gasteiger partial charge in [0.05, 0.1) is 12.8 Å². The van der Waals surface area contributed by atoms with Crippen molar-refractivity contribution in [3.63, 3.8) is 0 Å². The molecule has 2 N–H and O–H groups in total. The molecule has 1 atom stereocenters. The molecule has 7 heteroatoms. The first-order valence-electron chi connectivity index (χ1n) is 12.4. The third-order valence-corrected chi connectivity index (χ3v) is 6.94. The standard InChI is InChI=1S/C29H33N3O4/c1-19-11-8-15-24(21(19)3)32(26(33)18-30-28(34)25-16-9-17-36-25)27(23-14-7-4-10-20(23)2)29(35)31-22-12-5-6-13-22/h4,7-11,14-17,22,27H,5-6,12-13,18H2,1-3H3,(H,30,34)(H,31,35)/t27-/m1/s1. The van der Waals surface area contributed by atoms with Gasteiger partial charge in [0.2, 0.25) is 11.8 Å². The van der Waals surface area contributed by atoms with Crippen molar-refractivity contribution < 1.29 is 18.8 Å². The number of nitrogens with one attached hydrogen (secondary N) is 2. The number of rotatable bonds is 8. The van der Waals surface area contributed by atoms with Crippen molar-refractivity contribution >= 4 is 23.4 Å². The molecule has 1 fully saturated rings. The second kappa shape index (κ2) is 11.2. The van der Waals surface area contributed by atoms with E-state index in [9.17, 15) is 14.4 Å². The van der Waals surface area contributed by atoms with E-state index in [4.69, 9.17) is 4.42 Å². The van der Waals surface area contributed by atoms with E-state index in [-0.39, 0.29) is 24.3 Å². The lowest BCUT2D eigenvalue weighted by Crippen LogP contribution is -2.49. The smallest absolute Gasteiger partial charge is 0.287 e. The molecule has 3 amide bonds. The van der Waals surface area contributed by atoms with Crippen molar-refractivity contribution in [1.82, 2.24) is 10.6 Å². The van der Waals surface area contributed by atoms with Gasteiger partial charge >= 0.3 is 0 Å². The number of aryl methyl sites for hydroxylation is 2. The Morgan fingerprint density at radius 1 is 0.944 bits per heavy atom. The first kappa shape index (κ1) is 25.2. The van der Waals surface area contributed by atoms with Crippen molar-refractivity contribution in [3.05, 3.63) is 88.9 Å². The van der Waals surface area contributed by atoms with E-state index in [0.29, 0.717) is 5.69 Å². The predicted octanol–water partition coefficient (Wildman–Crippen LogP) is 4.77. The van der Waals surface area contributed by atoms with Gasteiger partial charge in [0.25, 0.3) is 5.91 Å². The van der Waals surface area contributed by atoms with Gasteiger partial charge in [-0.3, -0.25) is 19.3 Å². The quantitative estimate of drug-likeness (QED) is 0.479. The number of hydrogen-bond acceptors (Lipinski definition) is 4. The van der Waals surface area contributed by atoms with Crippen molar-refractivity contribution in [1.29, 1.82) is 0 Å². The number of benzene rings is 2. The molecule has 188 valence electrons. The third-order valence-electron chi connectivity index (χ3n) is 6.94. The number of furan rings is 1. The Morgan fingerprint density at radius 2 is 1.67 bits per heavy atom. The number of amides is 3. The highest BCUT2D eigenvalue weighted by atomic mass is 16.3. The number of nitrogens with zero attached hydrogens (tertiary/aromatic N) is 1. The van der Waals surface area contributed by atoms with Gasteiger partial charge in [-0.2, -0.15) is 0 Å². The molecule has 0 aliphatic heterocycles. The number of hydrogen-bond donors (Lipinski definition) is 2. The zero-order valence-electron chi connectivity index (χ0n) is 21.0. The van der Waals surface area contributed by atoms with E-state index in [2.05, 4.69) is 10.6 Å². The van der Waals surface area contributed by atoms with E-state index < -0.39 is 17.9 Å². The summed E-state index contributed by atoms with van der Waals surface area (Å²) >= 11 is 0. The first-order valence-corrected chi connectivity index (χ1v) is 12.4. The zero-order chi connectivity index (χ0) is 25.7. The fourth-order valence-corrected chi connectivity index (χ4v) is 4.79. The maximum atomic E-state index is 13.9. The molecule has 0 saturated heterocycles. The summed E-state index contributed by atoms with van der Waals surface area (Å²) in [5, 5.41) is 5.84. The average molecular weight is 488 g/mol. The van der Waals surface area contributed by atoms with Crippen LogP contribution in [0.1, 0.15) is 64.5 Å². The Hall–Kier alpha value is -3.87. The summed E-state index contributed by atoms with van der Waals surface area (Å²) in [6.07, 6.45) is 5.43. The molecule has 1 aliphatic carbocycles. The lowest BCUT2D eigenvalue weighted by Gasteiger charge is -2.34. The van der Waals surface area contributed by atoms with Gasteiger partial charge in [-0.1, -0.05) is 49.2 Å². The Morgan fingerprint density at radius 3 is 2.36 bits per heavy atom. The molecule has 0 radical (unpaired) electrons. The predicted molar refractivity (Wildman–Crippen MR) is 139 cm³/mol. The van der Waals surface area contributed by atoms with Gasteiger partial charge in [0, 0.05) is 11.7 Å². The Labute approximate surface area is 211 Å². The molecule has 2 aromatic carbocycles. The summed E-state index contributed by atoms with van der Waals surface area (Å²) in [5.74, 6) is -0.978. The van der Waals surface area contributed by atoms with Crippen LogP contribution in [0.15, 0.2) is 65.3 Å². The fourth-order valence-electron chi connectivity index (χ4n) is 4.79. The lowest BCUT2D eigenvalue weighted by atomic mass is 9.96. The van der Waals surface area contributed by atoms with Gasteiger partial charge in [0.15, 0.2) is 5.76 Å². The molecular formula is C29H33N3O4. The number of carbonyl (C=O) groups is 3. The second-order valence-corrected chi connectivity index (χ2v) is 9.39. The van der Waals surface area contributed by atoms with Crippen LogP contribution in [0.2, 0.25) is 0 Å². The largest absolute Gasteiger partial charge is 0.459 e. The summed E-state index contributed by atoms with van der Waals surface area (Å²) in [6, 6.07) is 15.7. The van der Waals surface area contributed by atoms with Gasteiger partial charge in [-0.25, -0.2) is 0 Å². The van der Waals surface area contributed by atoms with Crippen molar-refractivity contribution in [2.24, 2.45) is 0 Å². The highest BCUT2D eigenvalue weighted by Crippen LogP contribution is 2.33. The topological polar surface area (TPSA) is 91.7 Å². The SMILES string of the molecule is Cc1ccccc1[C@H](C(=O)NC1CCCC1)N(C(=O)CNC(=O)c1ccco1)c1cccc(C)c1C. The summed E-state index contributed by atoms with van der Waals surface area (Å²) in [7, 11) is 0. The molecule has 1 heterocycles. The average Bonchev–Trinajstić information content (AvgIpc) is 3.58. The minimum atomic E-state index is -0.889. The van der Waals surface area contributed by atoms with Crippen molar-refractivity contribution in [2.45, 2.75) is 58.5 Å². The summed E-state index contributed by atoms with van der Waals surface area (Å²) < 4.78 is 5.15. The third kappa shape index (κ3) is 5.51. The van der Waals surface area contributed by atoms with Gasteiger partial charge < -0.3 is 15.1 Å². The minimum absolute atomic E-state index is 0.0956. The van der Waals surface area contributed by atoms with Crippen LogP contribution in [0.4, 0.5) is 5.69 Å². The highest BCUT2D eigenvalue weighted by molar-refractivity contribution is 6.04. The molecule has 1 saturated carbocycles. The first-order chi connectivity index (χ1) is 17.4. The van der Waals surface area contributed by atoms with Gasteiger partial charge in [-0.15, -0.1) is 0 Å². The highest BCUT2D eigenvalue weighted by Gasteiger charge is 2.36. The molecule has 0 unspecified atom stereocenters. The van der Waals surface area contributed by atoms with E-state index in [1.165, 1.54) is 17.2 Å². The van der Waals surface area contributed by atoms with Crippen LogP contribution in [0.3, 0.4) is 0 Å². The number of anilines is 1. The molecular weight excluding hydrogens is 454 g/mol. The summed E-state index contributed by atoms with van der Waals surface area (Å²) in [5.41, 5.74) is 4.20. The molecule has 3 aromatic rings. The molecule has 1 aromatic heterocycles. The number of carbonyl (C=O) groups excluding carboxylic acids is 3. The lowest BCUT2D eigenvalue weighted by molar-refractivity contribution is -0.126. The molecule has 7 nitrogen and oxygen atoms in total. The fraction of sp³-hybridized carbons (Fsp3) is 0.345. The van der Waals surface area contributed by atoms with Crippen LogP contribution >= 0.6 is 0 Å². The van der Waals surface area contributed by atoms with Gasteiger partial charge in [-0.05, 0) is 74.1 Å². The van der Waals surface area contributed by atoms with E-state index >= 15 is 0 Å². The molecule has 1 aliphatic rings. The maximum Gasteiger partial charge on any atom is 0.287 e. The summed E-state index contributed by atoms with van der Waals surface area (Å²) in [4.78, 5) is 41.8. The van der Waals surface area contributed by atoms with E-state index in [1.807, 2.05) is 63.2 Å².